The number of hydrogen-bond donors (Lipinski definition) is 4. The van der Waals surface area contributed by atoms with Crippen LogP contribution in [-0.4, -0.2) is 27.7 Å². The average molecular weight is 327 g/mol. The Morgan fingerprint density at radius 1 is 1.38 bits per heavy atom. The smallest absolute Gasteiger partial charge is 0.224 e. The summed E-state index contributed by atoms with van der Waals surface area (Å²) in [6.45, 7) is 1.65. The van der Waals surface area contributed by atoms with Crippen molar-refractivity contribution in [3.05, 3.63) is 52.9 Å². The van der Waals surface area contributed by atoms with E-state index in [9.17, 15) is 10.2 Å². The van der Waals surface area contributed by atoms with Crippen molar-refractivity contribution in [1.82, 2.24) is 5.32 Å². The van der Waals surface area contributed by atoms with Gasteiger partial charge in [0, 0.05) is 11.8 Å². The lowest BCUT2D eigenvalue weighted by Crippen LogP contribution is -2.31. The molecular weight excluding hydrogens is 312 g/mol. The summed E-state index contributed by atoms with van der Waals surface area (Å²) >= 11 is 11.1. The highest BCUT2D eigenvalue weighted by atomic mass is 35.5. The minimum absolute atomic E-state index is 0.268. The van der Waals surface area contributed by atoms with Crippen LogP contribution in [0.3, 0.4) is 0 Å². The van der Waals surface area contributed by atoms with Gasteiger partial charge in [0.25, 0.3) is 0 Å². The van der Waals surface area contributed by atoms with Gasteiger partial charge in [-0.15, -0.1) is 0 Å². The van der Waals surface area contributed by atoms with Crippen LogP contribution in [0.2, 0.25) is 5.02 Å². The molecule has 0 saturated heterocycles. The van der Waals surface area contributed by atoms with E-state index in [-0.39, 0.29) is 10.7 Å². The van der Waals surface area contributed by atoms with Crippen molar-refractivity contribution >= 4 is 34.6 Å². The molecule has 0 aliphatic carbocycles. The number of nitrogens with one attached hydrogen (secondary N) is 2. The van der Waals surface area contributed by atoms with Crippen molar-refractivity contribution in [2.24, 2.45) is 0 Å². The molecule has 2 rings (SSSR count). The minimum atomic E-state index is -1.21. The maximum absolute atomic E-state index is 9.85. The van der Waals surface area contributed by atoms with Crippen LogP contribution in [0.4, 0.5) is 5.69 Å². The van der Waals surface area contributed by atoms with E-state index in [2.05, 4.69) is 10.6 Å². The number of hydrogen-bond acceptors (Lipinski definition) is 4. The Balaban J connectivity index is 2.01. The van der Waals surface area contributed by atoms with Crippen LogP contribution in [0.25, 0.3) is 0 Å². The summed E-state index contributed by atoms with van der Waals surface area (Å²) in [6.07, 6.45) is 0.764. The van der Waals surface area contributed by atoms with Gasteiger partial charge in [-0.05, 0) is 37.4 Å². The summed E-state index contributed by atoms with van der Waals surface area (Å²) in [6, 6.07) is 7.15. The zero-order chi connectivity index (χ0) is 15.4. The predicted molar refractivity (Wildman–Crippen MR) is 85.7 cm³/mol. The van der Waals surface area contributed by atoms with Gasteiger partial charge >= 0.3 is 0 Å². The molecule has 5 nitrogen and oxygen atoms in total. The van der Waals surface area contributed by atoms with Crippen molar-refractivity contribution in [1.29, 1.82) is 0 Å². The number of benzene rings is 1. The maximum atomic E-state index is 9.85. The molecule has 2 unspecified atom stereocenters. The molecular formula is C14H15ClN2O3S. The van der Waals surface area contributed by atoms with Crippen LogP contribution >= 0.6 is 23.8 Å². The third kappa shape index (κ3) is 4.18. The van der Waals surface area contributed by atoms with Gasteiger partial charge in [-0.25, -0.2) is 0 Å². The van der Waals surface area contributed by atoms with E-state index in [1.165, 1.54) is 12.3 Å². The number of halogens is 1. The molecule has 4 N–H and O–H groups in total. The number of rotatable bonds is 2. The van der Waals surface area contributed by atoms with Gasteiger partial charge in [0.1, 0.15) is 6.10 Å². The predicted octanol–water partition coefficient (Wildman–Crippen LogP) is 2.12. The van der Waals surface area contributed by atoms with Crippen LogP contribution in [0.15, 0.2) is 47.9 Å². The summed E-state index contributed by atoms with van der Waals surface area (Å²) in [7, 11) is 0. The van der Waals surface area contributed by atoms with Crippen molar-refractivity contribution in [2.75, 3.05) is 5.32 Å². The molecule has 112 valence electrons. The Kier molecular flexibility index (Phi) is 5.19. The fraction of sp³-hybridized carbons (Fsp3) is 0.214. The third-order valence-electron chi connectivity index (χ3n) is 2.81. The maximum Gasteiger partial charge on any atom is 0.224 e. The Bertz CT molecular complexity index is 604. The lowest BCUT2D eigenvalue weighted by molar-refractivity contribution is -0.0562. The van der Waals surface area contributed by atoms with Crippen LogP contribution in [0.5, 0.6) is 0 Å². The van der Waals surface area contributed by atoms with E-state index in [0.717, 1.165) is 0 Å². The fourth-order valence-electron chi connectivity index (χ4n) is 1.77. The first-order valence-corrected chi connectivity index (χ1v) is 6.99. The molecule has 1 aliphatic rings. The van der Waals surface area contributed by atoms with Crippen molar-refractivity contribution in [3.63, 3.8) is 0 Å². The Morgan fingerprint density at radius 2 is 2.10 bits per heavy atom. The molecule has 0 amide bonds. The standard InChI is InChI=1S/C14H15ClN2O3S/c1-8-6-12(18)9(13(19)20-8)7-16-14(21)17-11-5-3-2-4-10(11)15/h2-7,12-13,18-19H,1H3,(H2,16,17,21)/b9-7-. The number of aliphatic hydroxyl groups excluding tert-OH is 2. The van der Waals surface area contributed by atoms with Gasteiger partial charge < -0.3 is 25.6 Å². The Hall–Kier alpha value is -1.60. The Morgan fingerprint density at radius 3 is 2.76 bits per heavy atom. The zero-order valence-electron chi connectivity index (χ0n) is 11.2. The van der Waals surface area contributed by atoms with Gasteiger partial charge in [0.05, 0.1) is 16.5 Å². The Labute approximate surface area is 132 Å². The lowest BCUT2D eigenvalue weighted by atomic mass is 10.1. The summed E-state index contributed by atoms with van der Waals surface area (Å²) in [5.74, 6) is 0.462. The number of para-hydroxylation sites is 1. The number of thiocarbonyl (C=S) groups is 1. The second kappa shape index (κ2) is 6.91. The molecule has 0 saturated carbocycles. The number of ether oxygens (including phenoxy) is 1. The molecule has 2 atom stereocenters. The first kappa shape index (κ1) is 15.8. The second-order valence-electron chi connectivity index (χ2n) is 4.42. The molecule has 0 fully saturated rings. The van der Waals surface area contributed by atoms with Gasteiger partial charge in [-0.1, -0.05) is 23.7 Å². The molecule has 21 heavy (non-hydrogen) atoms. The van der Waals surface area contributed by atoms with E-state index in [0.29, 0.717) is 16.5 Å². The largest absolute Gasteiger partial charge is 0.466 e. The average Bonchev–Trinajstić information content (AvgIpc) is 2.40. The highest BCUT2D eigenvalue weighted by Gasteiger charge is 2.24. The van der Waals surface area contributed by atoms with Crippen LogP contribution in [0, 0.1) is 0 Å². The van der Waals surface area contributed by atoms with Crippen LogP contribution < -0.4 is 10.6 Å². The quantitative estimate of drug-likeness (QED) is 0.624. The highest BCUT2D eigenvalue weighted by Crippen LogP contribution is 2.21. The normalized spacial score (nSPS) is 23.2. The van der Waals surface area contributed by atoms with Crippen molar-refractivity contribution < 1.29 is 14.9 Å². The van der Waals surface area contributed by atoms with Gasteiger partial charge in [-0.2, -0.15) is 0 Å². The summed E-state index contributed by atoms with van der Waals surface area (Å²) in [5.41, 5.74) is 0.927. The number of aliphatic hydroxyl groups is 2. The fourth-order valence-corrected chi connectivity index (χ4v) is 2.13. The minimum Gasteiger partial charge on any atom is -0.466 e. The first-order chi connectivity index (χ1) is 9.97. The monoisotopic (exact) mass is 326 g/mol. The molecule has 1 heterocycles. The summed E-state index contributed by atoms with van der Waals surface area (Å²) < 4.78 is 5.10. The molecule has 1 aromatic rings. The third-order valence-corrected chi connectivity index (χ3v) is 3.36. The van der Waals surface area contributed by atoms with E-state index < -0.39 is 12.4 Å². The van der Waals surface area contributed by atoms with E-state index in [1.807, 2.05) is 12.1 Å². The molecule has 0 spiro atoms. The lowest BCUT2D eigenvalue weighted by Gasteiger charge is -2.25. The first-order valence-electron chi connectivity index (χ1n) is 6.20. The van der Waals surface area contributed by atoms with Gasteiger partial charge in [-0.3, -0.25) is 0 Å². The molecule has 0 aromatic heterocycles. The molecule has 1 aromatic carbocycles. The van der Waals surface area contributed by atoms with E-state index in [4.69, 9.17) is 28.6 Å². The van der Waals surface area contributed by atoms with Gasteiger partial charge in [0.15, 0.2) is 5.11 Å². The summed E-state index contributed by atoms with van der Waals surface area (Å²) in [4.78, 5) is 0. The molecule has 0 radical (unpaired) electrons. The zero-order valence-corrected chi connectivity index (χ0v) is 12.8. The SMILES string of the molecule is CC1=CC(O)/C(=C/NC(=S)Nc2ccccc2Cl)C(O)O1. The molecule has 7 heteroatoms. The molecule has 0 bridgehead atoms. The topological polar surface area (TPSA) is 73.8 Å². The highest BCUT2D eigenvalue weighted by molar-refractivity contribution is 7.80. The van der Waals surface area contributed by atoms with Crippen LogP contribution in [-0.2, 0) is 4.74 Å². The van der Waals surface area contributed by atoms with E-state index >= 15 is 0 Å². The number of anilines is 1. The van der Waals surface area contributed by atoms with Gasteiger partial charge in [0.2, 0.25) is 6.29 Å². The second-order valence-corrected chi connectivity index (χ2v) is 5.23. The molecule has 1 aliphatic heterocycles. The van der Waals surface area contributed by atoms with Crippen LogP contribution in [0.1, 0.15) is 6.92 Å². The van der Waals surface area contributed by atoms with Crippen molar-refractivity contribution in [2.45, 2.75) is 19.3 Å². The van der Waals surface area contributed by atoms with Crippen molar-refractivity contribution in [3.8, 4) is 0 Å². The van der Waals surface area contributed by atoms with E-state index in [1.54, 1.807) is 19.1 Å². The number of allylic oxidation sites excluding steroid dienone is 1. The summed E-state index contributed by atoms with van der Waals surface area (Å²) in [5, 5.41) is 26.1.